The maximum atomic E-state index is 12.8. The van der Waals surface area contributed by atoms with Crippen LogP contribution in [-0.4, -0.2) is 58.8 Å². The van der Waals surface area contributed by atoms with Gasteiger partial charge in [0.15, 0.2) is 5.78 Å². The van der Waals surface area contributed by atoms with Crippen LogP contribution >= 0.6 is 0 Å². The normalized spacial score (nSPS) is 20.0. The number of phenols is 1. The van der Waals surface area contributed by atoms with E-state index in [2.05, 4.69) is 4.90 Å². The van der Waals surface area contributed by atoms with Crippen LogP contribution in [0.5, 0.6) is 5.75 Å². The van der Waals surface area contributed by atoms with E-state index in [1.807, 2.05) is 4.90 Å². The molecule has 0 saturated carbocycles. The van der Waals surface area contributed by atoms with Crippen molar-refractivity contribution in [1.29, 1.82) is 0 Å². The first-order valence-electron chi connectivity index (χ1n) is 9.09. The van der Waals surface area contributed by atoms with Crippen molar-refractivity contribution in [2.24, 2.45) is 0 Å². The number of carbonyl (C=O) groups is 2. The van der Waals surface area contributed by atoms with E-state index in [0.717, 1.165) is 26.2 Å². The van der Waals surface area contributed by atoms with E-state index in [-0.39, 0.29) is 17.4 Å². The van der Waals surface area contributed by atoms with Crippen molar-refractivity contribution in [2.45, 2.75) is 18.9 Å². The molecule has 0 spiro atoms. The Kier molecular flexibility index (Phi) is 4.47. The number of piperazine rings is 1. The first-order valence-corrected chi connectivity index (χ1v) is 9.09. The van der Waals surface area contributed by atoms with Crippen LogP contribution in [0, 0.1) is 0 Å². The molecule has 0 radical (unpaired) electrons. The molecule has 2 aliphatic rings. The van der Waals surface area contributed by atoms with Crippen LogP contribution in [0.25, 0.3) is 0 Å². The molecule has 0 aromatic heterocycles. The Labute approximate surface area is 152 Å². The lowest BCUT2D eigenvalue weighted by Crippen LogP contribution is -2.52. The number of hydrogen-bond donors (Lipinski definition) is 1. The lowest BCUT2D eigenvalue weighted by atomic mass is 10.0. The second-order valence-electron chi connectivity index (χ2n) is 7.04. The zero-order valence-electron chi connectivity index (χ0n) is 14.6. The van der Waals surface area contributed by atoms with Gasteiger partial charge >= 0.3 is 0 Å². The summed E-state index contributed by atoms with van der Waals surface area (Å²) in [6.45, 7) is 3.66. The monoisotopic (exact) mass is 350 g/mol. The standard InChI is InChI=1S/C21H22N2O3/c24-19-5-1-3-17(13-19)20(25)15-6-8-16(9-7-15)21(26)23-12-11-22-10-2-4-18(22)14-23/h1,3,5-9,13,18,24H,2,4,10-12,14H2. The Bertz CT molecular complexity index is 831. The highest BCUT2D eigenvalue weighted by Crippen LogP contribution is 2.23. The summed E-state index contributed by atoms with van der Waals surface area (Å²) in [5.74, 6) is -0.0684. The molecule has 2 saturated heterocycles. The van der Waals surface area contributed by atoms with Crippen LogP contribution in [0.15, 0.2) is 48.5 Å². The van der Waals surface area contributed by atoms with Gasteiger partial charge in [-0.05, 0) is 43.7 Å². The number of rotatable bonds is 3. The number of nitrogens with zero attached hydrogens (tertiary/aromatic N) is 2. The number of hydrogen-bond acceptors (Lipinski definition) is 4. The average Bonchev–Trinajstić information content (AvgIpc) is 3.15. The Morgan fingerprint density at radius 3 is 2.46 bits per heavy atom. The number of fused-ring (bicyclic) bond motifs is 1. The van der Waals surface area contributed by atoms with Gasteiger partial charge in [-0.3, -0.25) is 14.5 Å². The Balaban J connectivity index is 1.47. The van der Waals surface area contributed by atoms with Crippen LogP contribution in [0.4, 0.5) is 0 Å². The quantitative estimate of drug-likeness (QED) is 0.864. The molecular weight excluding hydrogens is 328 g/mol. The van der Waals surface area contributed by atoms with Gasteiger partial charge in [0.2, 0.25) is 0 Å². The van der Waals surface area contributed by atoms with Crippen LogP contribution in [-0.2, 0) is 0 Å². The fraction of sp³-hybridized carbons (Fsp3) is 0.333. The molecule has 2 heterocycles. The van der Waals surface area contributed by atoms with E-state index in [9.17, 15) is 14.7 Å². The number of benzene rings is 2. The van der Waals surface area contributed by atoms with E-state index in [1.54, 1.807) is 36.4 Å². The molecular formula is C21H22N2O3. The summed E-state index contributed by atoms with van der Waals surface area (Å²) in [6.07, 6.45) is 2.39. The molecule has 1 N–H and O–H groups in total. The van der Waals surface area contributed by atoms with Gasteiger partial charge in [0.25, 0.3) is 5.91 Å². The lowest BCUT2D eigenvalue weighted by molar-refractivity contribution is 0.0571. The van der Waals surface area contributed by atoms with E-state index >= 15 is 0 Å². The minimum absolute atomic E-state index is 0.0351. The summed E-state index contributed by atoms with van der Waals surface area (Å²) in [5, 5.41) is 9.53. The molecule has 2 aliphatic heterocycles. The third-order valence-corrected chi connectivity index (χ3v) is 5.38. The fourth-order valence-corrected chi connectivity index (χ4v) is 3.94. The number of amides is 1. The van der Waals surface area contributed by atoms with Gasteiger partial charge in [-0.2, -0.15) is 0 Å². The highest BCUT2D eigenvalue weighted by molar-refractivity contribution is 6.09. The highest BCUT2D eigenvalue weighted by atomic mass is 16.3. The maximum absolute atomic E-state index is 12.8. The molecule has 1 atom stereocenters. The summed E-state index contributed by atoms with van der Waals surface area (Å²) in [6, 6.07) is 13.6. The second kappa shape index (κ2) is 6.92. The summed E-state index contributed by atoms with van der Waals surface area (Å²) >= 11 is 0. The van der Waals surface area contributed by atoms with Crippen LogP contribution in [0.1, 0.15) is 39.1 Å². The van der Waals surface area contributed by atoms with Gasteiger partial charge in [0.1, 0.15) is 5.75 Å². The number of carbonyl (C=O) groups excluding carboxylic acids is 2. The smallest absolute Gasteiger partial charge is 0.253 e. The zero-order chi connectivity index (χ0) is 18.1. The molecule has 5 heteroatoms. The Morgan fingerprint density at radius 1 is 0.923 bits per heavy atom. The maximum Gasteiger partial charge on any atom is 0.253 e. The average molecular weight is 350 g/mol. The van der Waals surface area contributed by atoms with Crippen molar-refractivity contribution in [1.82, 2.24) is 9.80 Å². The molecule has 0 bridgehead atoms. The van der Waals surface area contributed by atoms with E-state index in [1.165, 1.54) is 25.0 Å². The van der Waals surface area contributed by atoms with Crippen molar-refractivity contribution in [3.8, 4) is 5.75 Å². The van der Waals surface area contributed by atoms with Crippen molar-refractivity contribution >= 4 is 11.7 Å². The summed E-state index contributed by atoms with van der Waals surface area (Å²) in [5.41, 5.74) is 1.55. The van der Waals surface area contributed by atoms with Crippen molar-refractivity contribution in [2.75, 3.05) is 26.2 Å². The lowest BCUT2D eigenvalue weighted by Gasteiger charge is -2.37. The number of aromatic hydroxyl groups is 1. The van der Waals surface area contributed by atoms with Gasteiger partial charge in [0, 0.05) is 42.4 Å². The number of phenolic OH excluding ortho intramolecular Hbond substituents is 1. The predicted molar refractivity (Wildman–Crippen MR) is 98.5 cm³/mol. The van der Waals surface area contributed by atoms with Crippen LogP contribution in [0.2, 0.25) is 0 Å². The van der Waals surface area contributed by atoms with Crippen molar-refractivity contribution in [3.05, 3.63) is 65.2 Å². The third kappa shape index (κ3) is 3.22. The van der Waals surface area contributed by atoms with Gasteiger partial charge in [0.05, 0.1) is 0 Å². The summed E-state index contributed by atoms with van der Waals surface area (Å²) < 4.78 is 0. The molecule has 26 heavy (non-hydrogen) atoms. The molecule has 4 rings (SSSR count). The van der Waals surface area contributed by atoms with E-state index < -0.39 is 0 Å². The predicted octanol–water partition coefficient (Wildman–Crippen LogP) is 2.54. The van der Waals surface area contributed by atoms with Gasteiger partial charge in [-0.1, -0.05) is 24.3 Å². The van der Waals surface area contributed by atoms with Gasteiger partial charge in [-0.25, -0.2) is 0 Å². The van der Waals surface area contributed by atoms with Gasteiger partial charge < -0.3 is 10.0 Å². The fourth-order valence-electron chi connectivity index (χ4n) is 3.94. The highest BCUT2D eigenvalue weighted by Gasteiger charge is 2.32. The molecule has 2 aromatic rings. The minimum atomic E-state index is -0.167. The summed E-state index contributed by atoms with van der Waals surface area (Å²) in [7, 11) is 0. The number of ketones is 1. The van der Waals surface area contributed by atoms with Gasteiger partial charge in [-0.15, -0.1) is 0 Å². The van der Waals surface area contributed by atoms with Crippen LogP contribution in [0.3, 0.4) is 0 Å². The summed E-state index contributed by atoms with van der Waals surface area (Å²) in [4.78, 5) is 29.7. The SMILES string of the molecule is O=C(c1ccc(C(=O)N2CCN3CCCC3C2)cc1)c1cccc(O)c1. The van der Waals surface area contributed by atoms with Crippen molar-refractivity contribution in [3.63, 3.8) is 0 Å². The Hall–Kier alpha value is -2.66. The zero-order valence-corrected chi connectivity index (χ0v) is 14.6. The molecule has 1 amide bonds. The topological polar surface area (TPSA) is 60.9 Å². The minimum Gasteiger partial charge on any atom is -0.508 e. The first kappa shape index (κ1) is 16.8. The van der Waals surface area contributed by atoms with E-state index in [0.29, 0.717) is 22.7 Å². The Morgan fingerprint density at radius 2 is 1.69 bits per heavy atom. The molecule has 2 aromatic carbocycles. The third-order valence-electron chi connectivity index (χ3n) is 5.38. The van der Waals surface area contributed by atoms with Crippen LogP contribution < -0.4 is 0 Å². The molecule has 5 nitrogen and oxygen atoms in total. The van der Waals surface area contributed by atoms with E-state index in [4.69, 9.17) is 0 Å². The molecule has 2 fully saturated rings. The molecule has 1 unspecified atom stereocenters. The first-order chi connectivity index (χ1) is 12.6. The largest absolute Gasteiger partial charge is 0.508 e. The second-order valence-corrected chi connectivity index (χ2v) is 7.04. The molecule has 0 aliphatic carbocycles. The molecule has 134 valence electrons. The van der Waals surface area contributed by atoms with Crippen molar-refractivity contribution < 1.29 is 14.7 Å².